The van der Waals surface area contributed by atoms with Crippen LogP contribution in [0.1, 0.15) is 46.6 Å². The third-order valence-electron chi connectivity index (χ3n) is 4.92. The third-order valence-corrected chi connectivity index (χ3v) is 4.92. The number of aliphatic carboxylic acids is 1. The van der Waals surface area contributed by atoms with E-state index in [2.05, 4.69) is 4.98 Å². The van der Waals surface area contributed by atoms with E-state index >= 15 is 0 Å². The summed E-state index contributed by atoms with van der Waals surface area (Å²) in [5.41, 5.74) is 0.179. The lowest BCUT2D eigenvalue weighted by molar-refractivity contribution is -0.138. The summed E-state index contributed by atoms with van der Waals surface area (Å²) in [6, 6.07) is 11.4. The Bertz CT molecular complexity index is 1150. The van der Waals surface area contributed by atoms with Crippen LogP contribution in [0.25, 0.3) is 6.08 Å². The molecule has 0 aliphatic rings. The van der Waals surface area contributed by atoms with Crippen LogP contribution in [0.4, 0.5) is 13.2 Å². The number of carbonyl (C=O) groups excluding carboxylic acids is 1. The molecule has 0 saturated heterocycles. The quantitative estimate of drug-likeness (QED) is 0.295. The molecule has 0 unspecified atom stereocenters. The molecule has 34 heavy (non-hydrogen) atoms. The second-order valence-electron chi connectivity index (χ2n) is 7.48. The van der Waals surface area contributed by atoms with Crippen molar-refractivity contribution in [1.82, 2.24) is 9.55 Å². The number of halogens is 3. The zero-order valence-corrected chi connectivity index (χ0v) is 18.2. The van der Waals surface area contributed by atoms with E-state index in [-0.39, 0.29) is 17.8 Å². The van der Waals surface area contributed by atoms with Crippen LogP contribution < -0.4 is 4.74 Å². The van der Waals surface area contributed by atoms with Crippen LogP contribution in [0.3, 0.4) is 0 Å². The van der Waals surface area contributed by atoms with E-state index in [1.165, 1.54) is 6.20 Å². The number of allylic oxidation sites excluding steroid dienone is 1. The van der Waals surface area contributed by atoms with Gasteiger partial charge in [0.2, 0.25) is 5.78 Å². The van der Waals surface area contributed by atoms with Gasteiger partial charge in [0.05, 0.1) is 12.2 Å². The lowest BCUT2D eigenvalue weighted by Crippen LogP contribution is -2.11. The van der Waals surface area contributed by atoms with Gasteiger partial charge in [-0.15, -0.1) is 0 Å². The number of carbonyl (C=O) groups is 2. The topological polar surface area (TPSA) is 81.4 Å². The van der Waals surface area contributed by atoms with Crippen LogP contribution in [0.2, 0.25) is 0 Å². The Morgan fingerprint density at radius 1 is 1.09 bits per heavy atom. The monoisotopic (exact) mass is 472 g/mol. The van der Waals surface area contributed by atoms with E-state index < -0.39 is 23.5 Å². The molecule has 9 heteroatoms. The minimum atomic E-state index is -4.46. The predicted molar refractivity (Wildman–Crippen MR) is 120 cm³/mol. The van der Waals surface area contributed by atoms with E-state index in [1.54, 1.807) is 10.8 Å². The maximum atomic E-state index is 12.7. The maximum absolute atomic E-state index is 12.7. The number of alkyl halides is 3. The van der Waals surface area contributed by atoms with Crippen molar-refractivity contribution in [3.05, 3.63) is 89.5 Å². The smallest absolute Gasteiger partial charge is 0.416 e. The largest absolute Gasteiger partial charge is 0.494 e. The minimum absolute atomic E-state index is 0.115. The lowest BCUT2D eigenvalue weighted by atomic mass is 10.1. The Balaban J connectivity index is 1.59. The number of unbranched alkanes of at least 4 members (excludes halogenated alkanes) is 1. The van der Waals surface area contributed by atoms with Crippen molar-refractivity contribution in [2.75, 3.05) is 6.61 Å². The molecule has 1 aromatic heterocycles. The molecule has 0 spiro atoms. The highest BCUT2D eigenvalue weighted by Gasteiger charge is 2.30. The van der Waals surface area contributed by atoms with E-state index in [9.17, 15) is 22.8 Å². The van der Waals surface area contributed by atoms with Gasteiger partial charge in [0, 0.05) is 30.9 Å². The third kappa shape index (κ3) is 7.06. The molecule has 0 aliphatic carbocycles. The molecule has 1 heterocycles. The average molecular weight is 472 g/mol. The summed E-state index contributed by atoms with van der Waals surface area (Å²) >= 11 is 0. The summed E-state index contributed by atoms with van der Waals surface area (Å²) in [6.45, 7) is 0.757. The summed E-state index contributed by atoms with van der Waals surface area (Å²) in [6.07, 6.45) is 3.61. The average Bonchev–Trinajstić information content (AvgIpc) is 3.26. The van der Waals surface area contributed by atoms with Crippen molar-refractivity contribution < 1.29 is 32.6 Å². The molecule has 0 amide bonds. The molecule has 0 radical (unpaired) electrons. The fourth-order valence-electron chi connectivity index (χ4n) is 3.18. The summed E-state index contributed by atoms with van der Waals surface area (Å²) in [4.78, 5) is 27.3. The van der Waals surface area contributed by atoms with Crippen molar-refractivity contribution in [3.8, 4) is 5.75 Å². The Kier molecular flexibility index (Phi) is 8.24. The van der Waals surface area contributed by atoms with E-state index in [0.29, 0.717) is 31.7 Å². The minimum Gasteiger partial charge on any atom is -0.494 e. The molecule has 178 valence electrons. The first-order chi connectivity index (χ1) is 16.2. The summed E-state index contributed by atoms with van der Waals surface area (Å²) < 4.78 is 45.5. The second kappa shape index (κ2) is 11.3. The summed E-state index contributed by atoms with van der Waals surface area (Å²) in [7, 11) is 0. The van der Waals surface area contributed by atoms with Crippen LogP contribution in [0.15, 0.2) is 67.0 Å². The number of aromatic nitrogens is 2. The van der Waals surface area contributed by atoms with Gasteiger partial charge >= 0.3 is 12.1 Å². The van der Waals surface area contributed by atoms with Crippen LogP contribution in [-0.4, -0.2) is 33.0 Å². The molecule has 0 saturated carbocycles. The number of nitrogens with zero attached hydrogens (tertiary/aromatic N) is 2. The normalized spacial score (nSPS) is 11.6. The number of carboxylic acids is 1. The van der Waals surface area contributed by atoms with Crippen molar-refractivity contribution in [2.24, 2.45) is 0 Å². The molecule has 1 N–H and O–H groups in total. The molecule has 2 aromatic carbocycles. The Morgan fingerprint density at radius 2 is 1.85 bits per heavy atom. The molecule has 0 fully saturated rings. The second-order valence-corrected chi connectivity index (χ2v) is 7.48. The molecule has 0 aliphatic heterocycles. The zero-order valence-electron chi connectivity index (χ0n) is 18.2. The van der Waals surface area contributed by atoms with Gasteiger partial charge < -0.3 is 14.4 Å². The molecule has 0 atom stereocenters. The van der Waals surface area contributed by atoms with Crippen LogP contribution in [-0.2, 0) is 17.5 Å². The molecule has 6 nitrogen and oxygen atoms in total. The molecular weight excluding hydrogens is 449 g/mol. The zero-order chi connectivity index (χ0) is 24.6. The first kappa shape index (κ1) is 24.8. The number of carboxylic acid groups (broad SMARTS) is 1. The number of ketones is 1. The first-order valence-electron chi connectivity index (χ1n) is 10.6. The maximum Gasteiger partial charge on any atom is 0.416 e. The van der Waals surface area contributed by atoms with Gasteiger partial charge in [0.1, 0.15) is 5.75 Å². The van der Waals surface area contributed by atoms with Crippen molar-refractivity contribution in [3.63, 3.8) is 0 Å². The highest BCUT2D eigenvalue weighted by Crippen LogP contribution is 2.29. The summed E-state index contributed by atoms with van der Waals surface area (Å²) in [5, 5.41) is 8.65. The highest BCUT2D eigenvalue weighted by molar-refractivity contribution is 6.06. The Labute approximate surface area is 194 Å². The van der Waals surface area contributed by atoms with Crippen molar-refractivity contribution in [2.45, 2.75) is 32.0 Å². The Hall–Kier alpha value is -3.88. The van der Waals surface area contributed by atoms with E-state index in [4.69, 9.17) is 9.84 Å². The number of imidazole rings is 1. The van der Waals surface area contributed by atoms with Gasteiger partial charge in [-0.05, 0) is 42.7 Å². The lowest BCUT2D eigenvalue weighted by Gasteiger charge is -2.08. The molecular formula is C25H23F3N2O4. The predicted octanol–water partition coefficient (Wildman–Crippen LogP) is 5.48. The fraction of sp³-hybridized carbons (Fsp3) is 0.240. The van der Waals surface area contributed by atoms with Gasteiger partial charge in [0.15, 0.2) is 5.82 Å². The molecule has 3 aromatic rings. The van der Waals surface area contributed by atoms with Gasteiger partial charge in [-0.2, -0.15) is 13.2 Å². The number of ether oxygens (including phenoxy) is 1. The van der Waals surface area contributed by atoms with E-state index in [1.807, 2.05) is 36.4 Å². The standard InChI is InChI=1S/C25H23F3N2O4/c26-25(27,28)20-11-9-19(10-12-20)23(33)24-29-13-15-30(24)14-4-6-18-5-3-7-21(17-18)34-16-2-1-8-22(31)32/h3-7,9-13,15,17H,1-2,8,14,16H2,(H,31,32)/b6-4+. The number of rotatable bonds is 11. The SMILES string of the molecule is O=C(O)CCCCOc1cccc(/C=C/Cn2ccnc2C(=O)c2ccc(C(F)(F)F)cc2)c1. The molecule has 0 bridgehead atoms. The van der Waals surface area contributed by atoms with Crippen LogP contribution >= 0.6 is 0 Å². The number of hydrogen-bond acceptors (Lipinski definition) is 4. The molecule has 3 rings (SSSR count). The van der Waals surface area contributed by atoms with Crippen molar-refractivity contribution in [1.29, 1.82) is 0 Å². The van der Waals surface area contributed by atoms with Crippen LogP contribution in [0.5, 0.6) is 5.75 Å². The van der Waals surface area contributed by atoms with Gasteiger partial charge in [-0.3, -0.25) is 9.59 Å². The van der Waals surface area contributed by atoms with Gasteiger partial charge in [0.25, 0.3) is 0 Å². The summed E-state index contributed by atoms with van der Waals surface area (Å²) in [5.74, 6) is -0.499. The van der Waals surface area contributed by atoms with E-state index in [0.717, 1.165) is 29.8 Å². The van der Waals surface area contributed by atoms with Crippen molar-refractivity contribution >= 4 is 17.8 Å². The highest BCUT2D eigenvalue weighted by atomic mass is 19.4. The van der Waals surface area contributed by atoms with Gasteiger partial charge in [-0.25, -0.2) is 4.98 Å². The Morgan fingerprint density at radius 3 is 2.56 bits per heavy atom. The fourth-order valence-corrected chi connectivity index (χ4v) is 3.18. The van der Waals surface area contributed by atoms with Crippen LogP contribution in [0, 0.1) is 0 Å². The number of benzene rings is 2. The van der Waals surface area contributed by atoms with Gasteiger partial charge in [-0.1, -0.05) is 36.4 Å². The number of hydrogen-bond donors (Lipinski definition) is 1. The first-order valence-corrected chi connectivity index (χ1v) is 10.6.